The van der Waals surface area contributed by atoms with Crippen molar-refractivity contribution in [2.45, 2.75) is 36.4 Å². The van der Waals surface area contributed by atoms with E-state index in [1.165, 1.54) is 32.2 Å². The van der Waals surface area contributed by atoms with E-state index in [9.17, 15) is 21.6 Å². The van der Waals surface area contributed by atoms with Gasteiger partial charge in [-0.3, -0.25) is 4.79 Å². The van der Waals surface area contributed by atoms with Crippen LogP contribution in [0.5, 0.6) is 5.75 Å². The van der Waals surface area contributed by atoms with E-state index < -0.39 is 37.5 Å². The monoisotopic (exact) mass is 558 g/mol. The molecule has 1 heterocycles. The first-order valence-electron chi connectivity index (χ1n) is 11.1. The van der Waals surface area contributed by atoms with Crippen LogP contribution in [0.2, 0.25) is 5.02 Å². The Morgan fingerprint density at radius 1 is 1.17 bits per heavy atom. The maximum Gasteiger partial charge on any atom is 0.258 e. The summed E-state index contributed by atoms with van der Waals surface area (Å²) in [5.74, 6) is -0.364. The minimum absolute atomic E-state index is 0.00972. The molecule has 12 heteroatoms. The van der Waals surface area contributed by atoms with Gasteiger partial charge in [0.25, 0.3) is 5.91 Å². The van der Waals surface area contributed by atoms with Gasteiger partial charge in [-0.15, -0.1) is 0 Å². The van der Waals surface area contributed by atoms with Crippen molar-refractivity contribution >= 4 is 37.4 Å². The molecule has 3 rings (SSSR count). The highest BCUT2D eigenvalue weighted by molar-refractivity contribution is 7.93. The molecule has 1 aliphatic rings. The van der Waals surface area contributed by atoms with E-state index in [0.717, 1.165) is 16.0 Å². The first-order valence-corrected chi connectivity index (χ1v) is 14.8. The molecule has 0 aromatic heterocycles. The fourth-order valence-electron chi connectivity index (χ4n) is 3.84. The van der Waals surface area contributed by atoms with E-state index in [2.05, 4.69) is 5.32 Å². The molecule has 1 aliphatic heterocycles. The number of piperidine rings is 1. The fraction of sp³-hybridized carbons (Fsp3) is 0.375. The van der Waals surface area contributed by atoms with Crippen molar-refractivity contribution in [1.82, 2.24) is 9.62 Å². The van der Waals surface area contributed by atoms with Crippen LogP contribution in [-0.4, -0.2) is 65.2 Å². The number of amides is 1. The van der Waals surface area contributed by atoms with Gasteiger partial charge in [0.2, 0.25) is 10.0 Å². The maximum absolute atomic E-state index is 15.4. The summed E-state index contributed by atoms with van der Waals surface area (Å²) >= 11 is 6.17. The number of rotatable bonds is 8. The van der Waals surface area contributed by atoms with Crippen LogP contribution in [0.1, 0.15) is 19.8 Å². The summed E-state index contributed by atoms with van der Waals surface area (Å²) in [6.07, 6.45) is 1.56. The normalized spacial score (nSPS) is 17.6. The van der Waals surface area contributed by atoms with E-state index in [1.54, 1.807) is 30.3 Å². The Kier molecular flexibility index (Phi) is 8.49. The van der Waals surface area contributed by atoms with Crippen LogP contribution < -0.4 is 10.1 Å². The highest BCUT2D eigenvalue weighted by Crippen LogP contribution is 2.36. The smallest absolute Gasteiger partial charge is 0.258 e. The topological polar surface area (TPSA) is 110 Å². The molecular weight excluding hydrogens is 531 g/mol. The summed E-state index contributed by atoms with van der Waals surface area (Å²) in [5, 5.41) is 3.72. The van der Waals surface area contributed by atoms with Crippen molar-refractivity contribution in [3.63, 3.8) is 0 Å². The number of hydrogen-bond donors (Lipinski definition) is 1. The summed E-state index contributed by atoms with van der Waals surface area (Å²) in [6, 6.07) is 10.6. The number of alkyl halides is 1. The Hall–Kier alpha value is -2.47. The van der Waals surface area contributed by atoms with E-state index >= 15 is 4.39 Å². The molecule has 36 heavy (non-hydrogen) atoms. The summed E-state index contributed by atoms with van der Waals surface area (Å²) in [4.78, 5) is 12.6. The molecule has 196 valence electrons. The van der Waals surface area contributed by atoms with Crippen molar-refractivity contribution in [3.8, 4) is 16.9 Å². The molecule has 0 aliphatic carbocycles. The van der Waals surface area contributed by atoms with Gasteiger partial charge < -0.3 is 10.1 Å². The number of methoxy groups -OCH3 is 1. The summed E-state index contributed by atoms with van der Waals surface area (Å²) in [7, 11) is -5.93. The highest BCUT2D eigenvalue weighted by Gasteiger charge is 2.44. The SMILES string of the molecule is COc1cccc(-c2cc(Cl)ccc2S(=O)(=O)N2CCC(F)(C(=O)N[C@H](C)/C=C/S(C)(=O)=O)CC2)c1. The van der Waals surface area contributed by atoms with Crippen molar-refractivity contribution in [2.24, 2.45) is 0 Å². The third kappa shape index (κ3) is 6.64. The maximum atomic E-state index is 15.4. The fourth-order valence-corrected chi connectivity index (χ4v) is 6.16. The molecule has 1 atom stereocenters. The molecule has 0 bridgehead atoms. The molecular formula is C24H28ClFN2O6S2. The summed E-state index contributed by atoms with van der Waals surface area (Å²) < 4.78 is 71.4. The number of sulfone groups is 1. The van der Waals surface area contributed by atoms with Crippen LogP contribution in [0.3, 0.4) is 0 Å². The molecule has 0 unspecified atom stereocenters. The number of nitrogens with one attached hydrogen (secondary N) is 1. The number of benzene rings is 2. The Bertz CT molecular complexity index is 1370. The molecule has 1 saturated heterocycles. The van der Waals surface area contributed by atoms with Gasteiger partial charge in [0.1, 0.15) is 5.75 Å². The molecule has 8 nitrogen and oxygen atoms in total. The minimum Gasteiger partial charge on any atom is -0.497 e. The van der Waals surface area contributed by atoms with Gasteiger partial charge in [0.15, 0.2) is 15.5 Å². The lowest BCUT2D eigenvalue weighted by molar-refractivity contribution is -0.135. The average Bonchev–Trinajstić information content (AvgIpc) is 2.82. The van der Waals surface area contributed by atoms with Crippen LogP contribution in [0.15, 0.2) is 58.8 Å². The molecule has 0 saturated carbocycles. The van der Waals surface area contributed by atoms with Gasteiger partial charge in [0.05, 0.1) is 12.0 Å². The Morgan fingerprint density at radius 3 is 2.44 bits per heavy atom. The average molecular weight is 559 g/mol. The summed E-state index contributed by atoms with van der Waals surface area (Å²) in [6.45, 7) is 1.10. The lowest BCUT2D eigenvalue weighted by Gasteiger charge is -2.35. The van der Waals surface area contributed by atoms with Crippen LogP contribution >= 0.6 is 11.6 Å². The van der Waals surface area contributed by atoms with Gasteiger partial charge in [0, 0.05) is 54.2 Å². The molecule has 0 spiro atoms. The number of hydrogen-bond acceptors (Lipinski definition) is 6. The second-order valence-electron chi connectivity index (χ2n) is 8.66. The zero-order valence-electron chi connectivity index (χ0n) is 20.1. The van der Waals surface area contributed by atoms with Crippen LogP contribution in [0, 0.1) is 0 Å². The van der Waals surface area contributed by atoms with Crippen molar-refractivity contribution in [1.29, 1.82) is 0 Å². The molecule has 0 radical (unpaired) electrons. The molecule has 1 amide bonds. The zero-order valence-corrected chi connectivity index (χ0v) is 22.5. The first kappa shape index (κ1) is 28.1. The molecule has 1 N–H and O–H groups in total. The van der Waals surface area contributed by atoms with Gasteiger partial charge in [-0.1, -0.05) is 29.8 Å². The number of halogens is 2. The zero-order chi connectivity index (χ0) is 26.7. The third-order valence-electron chi connectivity index (χ3n) is 5.84. The largest absolute Gasteiger partial charge is 0.497 e. The number of sulfonamides is 1. The Balaban J connectivity index is 1.80. The van der Waals surface area contributed by atoms with Crippen molar-refractivity contribution in [3.05, 3.63) is 59.0 Å². The van der Waals surface area contributed by atoms with Crippen LogP contribution in [-0.2, 0) is 24.7 Å². The van der Waals surface area contributed by atoms with Crippen molar-refractivity contribution < 1.29 is 30.8 Å². The van der Waals surface area contributed by atoms with E-state index in [1.807, 2.05) is 0 Å². The Labute approximate surface area is 216 Å². The van der Waals surface area contributed by atoms with Crippen molar-refractivity contribution in [2.75, 3.05) is 26.5 Å². The number of carbonyl (C=O) groups excluding carboxylic acids is 1. The lowest BCUT2D eigenvalue weighted by atomic mass is 9.93. The van der Waals surface area contributed by atoms with Gasteiger partial charge >= 0.3 is 0 Å². The Morgan fingerprint density at radius 2 is 1.83 bits per heavy atom. The minimum atomic E-state index is -4.04. The number of carbonyl (C=O) groups is 1. The highest BCUT2D eigenvalue weighted by atomic mass is 35.5. The predicted octanol–water partition coefficient (Wildman–Crippen LogP) is 3.57. The quantitative estimate of drug-likeness (QED) is 0.530. The standard InChI is InChI=1S/C24H28ClFN2O6S2/c1-17(9-14-35(3,30)31)27-23(29)24(26)10-12-28(13-11-24)36(32,33)22-8-7-19(25)16-21(22)18-5-4-6-20(15-18)34-2/h4-9,14-17H,10-13H2,1-3H3,(H,27,29)/b14-9+/t17-/m1/s1. The van der Waals surface area contributed by atoms with Gasteiger partial charge in [-0.2, -0.15) is 4.31 Å². The predicted molar refractivity (Wildman–Crippen MR) is 137 cm³/mol. The second kappa shape index (κ2) is 10.9. The van der Waals surface area contributed by atoms with Crippen LogP contribution in [0.25, 0.3) is 11.1 Å². The number of nitrogens with zero attached hydrogens (tertiary/aromatic N) is 1. The number of ether oxygens (including phenoxy) is 1. The van der Waals surface area contributed by atoms with Gasteiger partial charge in [-0.05, 0) is 42.8 Å². The molecule has 2 aromatic rings. The first-order chi connectivity index (χ1) is 16.7. The molecule has 1 fully saturated rings. The van der Waals surface area contributed by atoms with Gasteiger partial charge in [-0.25, -0.2) is 21.2 Å². The lowest BCUT2D eigenvalue weighted by Crippen LogP contribution is -2.53. The van der Waals surface area contributed by atoms with E-state index in [0.29, 0.717) is 21.9 Å². The summed E-state index contributed by atoms with van der Waals surface area (Å²) in [5.41, 5.74) is -1.32. The van der Waals surface area contributed by atoms with Crippen LogP contribution in [0.4, 0.5) is 4.39 Å². The van der Waals surface area contributed by atoms with E-state index in [4.69, 9.17) is 16.3 Å². The van der Waals surface area contributed by atoms with E-state index in [-0.39, 0.29) is 30.8 Å². The molecule has 2 aromatic carbocycles. The third-order valence-corrected chi connectivity index (χ3v) is 8.68. The second-order valence-corrected chi connectivity index (χ2v) is 12.9.